The van der Waals surface area contributed by atoms with Crippen LogP contribution in [0.15, 0.2) is 71.7 Å². The fraction of sp³-hybridized carbons (Fsp3) is 0.250. The molecule has 2 bridgehead atoms. The van der Waals surface area contributed by atoms with Gasteiger partial charge in [-0.05, 0) is 68.2 Å². The molecule has 174 valence electrons. The first-order valence-electron chi connectivity index (χ1n) is 12.3. The topological polar surface area (TPSA) is 89.7 Å². The summed E-state index contributed by atoms with van der Waals surface area (Å²) in [6, 6.07) is 20.2. The number of nitrogens with zero attached hydrogens (tertiary/aromatic N) is 3. The first kappa shape index (κ1) is 20.4. The minimum atomic E-state index is -0.147. The smallest absolute Gasteiger partial charge is 0.261 e. The van der Waals surface area contributed by atoms with E-state index in [4.69, 9.17) is 4.98 Å². The Kier molecular flexibility index (Phi) is 4.70. The van der Waals surface area contributed by atoms with E-state index in [9.17, 15) is 4.79 Å². The Morgan fingerprint density at radius 1 is 0.943 bits per heavy atom. The molecule has 7 nitrogen and oxygen atoms in total. The molecule has 5 aromatic rings. The van der Waals surface area contributed by atoms with Gasteiger partial charge in [0.1, 0.15) is 11.4 Å². The summed E-state index contributed by atoms with van der Waals surface area (Å²) in [5.74, 6) is 1.19. The lowest BCUT2D eigenvalue weighted by molar-refractivity contribution is 0.0976. The van der Waals surface area contributed by atoms with Crippen molar-refractivity contribution in [2.75, 3.05) is 25.0 Å². The molecule has 3 aliphatic rings. The van der Waals surface area contributed by atoms with Crippen molar-refractivity contribution >= 4 is 27.6 Å². The molecule has 0 spiro atoms. The second kappa shape index (κ2) is 8.06. The summed E-state index contributed by atoms with van der Waals surface area (Å²) < 4.78 is 0. The van der Waals surface area contributed by atoms with Crippen LogP contribution in [-0.2, 0) is 0 Å². The number of rotatable bonds is 4. The van der Waals surface area contributed by atoms with E-state index < -0.39 is 0 Å². The lowest BCUT2D eigenvalue weighted by Gasteiger charge is -2.45. The maximum Gasteiger partial charge on any atom is 0.261 e. The summed E-state index contributed by atoms with van der Waals surface area (Å²) in [4.78, 5) is 31.9. The van der Waals surface area contributed by atoms with Gasteiger partial charge >= 0.3 is 0 Å². The predicted octanol–water partition coefficient (Wildman–Crippen LogP) is 4.64. The van der Waals surface area contributed by atoms with Gasteiger partial charge in [0.15, 0.2) is 0 Å². The number of fused-ring (bicyclic) bond motifs is 5. The molecular weight excluding hydrogens is 436 g/mol. The normalized spacial score (nSPS) is 21.5. The standard InChI is InChI=1S/C28H26N6O/c35-28-25(27-31-22-6-1-2-7-23(22)32-27)26(30-24-16-34-13-10-17(24)11-14-34)19-15-18(8-9-21(19)33-28)20-5-3-4-12-29-20/h1-9,12,15,17,24H,10-11,13-14,16H2,(H,31,32)(H2,30,33,35)/t24-/m1/s1. The summed E-state index contributed by atoms with van der Waals surface area (Å²) in [6.07, 6.45) is 4.19. The maximum atomic E-state index is 13.5. The summed E-state index contributed by atoms with van der Waals surface area (Å²) >= 11 is 0. The van der Waals surface area contributed by atoms with E-state index in [1.165, 1.54) is 25.9 Å². The summed E-state index contributed by atoms with van der Waals surface area (Å²) in [7, 11) is 0. The summed E-state index contributed by atoms with van der Waals surface area (Å²) in [6.45, 7) is 3.33. The van der Waals surface area contributed by atoms with Crippen LogP contribution in [0.1, 0.15) is 12.8 Å². The van der Waals surface area contributed by atoms with Gasteiger partial charge in [0.2, 0.25) is 0 Å². The number of nitrogens with one attached hydrogen (secondary N) is 3. The molecule has 3 fully saturated rings. The average molecular weight is 463 g/mol. The van der Waals surface area contributed by atoms with Gasteiger partial charge < -0.3 is 20.2 Å². The molecule has 0 amide bonds. The lowest BCUT2D eigenvalue weighted by Crippen LogP contribution is -2.53. The average Bonchev–Trinajstić information content (AvgIpc) is 3.33. The van der Waals surface area contributed by atoms with Crippen LogP contribution in [0.4, 0.5) is 5.69 Å². The number of benzene rings is 2. The third kappa shape index (κ3) is 3.51. The molecular formula is C28H26N6O. The van der Waals surface area contributed by atoms with Crippen LogP contribution in [0.25, 0.3) is 44.6 Å². The Morgan fingerprint density at radius 3 is 2.57 bits per heavy atom. The van der Waals surface area contributed by atoms with Crippen molar-refractivity contribution in [3.05, 3.63) is 77.2 Å². The minimum absolute atomic E-state index is 0.147. The van der Waals surface area contributed by atoms with Crippen molar-refractivity contribution in [1.29, 1.82) is 0 Å². The number of para-hydroxylation sites is 2. The van der Waals surface area contributed by atoms with E-state index in [-0.39, 0.29) is 5.56 Å². The highest BCUT2D eigenvalue weighted by atomic mass is 16.1. The van der Waals surface area contributed by atoms with Crippen LogP contribution in [0.3, 0.4) is 0 Å². The molecule has 8 rings (SSSR count). The number of piperidine rings is 3. The lowest BCUT2D eigenvalue weighted by atomic mass is 9.83. The van der Waals surface area contributed by atoms with E-state index in [0.717, 1.165) is 45.4 Å². The monoisotopic (exact) mass is 462 g/mol. The van der Waals surface area contributed by atoms with Crippen LogP contribution >= 0.6 is 0 Å². The number of pyridine rings is 2. The molecule has 1 atom stereocenters. The highest BCUT2D eigenvalue weighted by Crippen LogP contribution is 2.37. The number of H-pyrrole nitrogens is 2. The fourth-order valence-electron chi connectivity index (χ4n) is 5.75. The minimum Gasteiger partial charge on any atom is -0.379 e. The van der Waals surface area contributed by atoms with Crippen LogP contribution in [0.5, 0.6) is 0 Å². The molecule has 0 saturated carbocycles. The molecule has 3 N–H and O–H groups in total. The van der Waals surface area contributed by atoms with Gasteiger partial charge in [-0.15, -0.1) is 0 Å². The third-order valence-electron chi connectivity index (χ3n) is 7.59. The van der Waals surface area contributed by atoms with Crippen LogP contribution in [0, 0.1) is 5.92 Å². The Hall–Kier alpha value is -3.97. The number of hydrogen-bond acceptors (Lipinski definition) is 5. The van der Waals surface area contributed by atoms with Crippen molar-refractivity contribution in [1.82, 2.24) is 24.8 Å². The molecule has 0 radical (unpaired) electrons. The van der Waals surface area contributed by atoms with Crippen LogP contribution < -0.4 is 10.9 Å². The number of aromatic amines is 2. The number of aromatic nitrogens is 4. The Labute approximate surface area is 202 Å². The van der Waals surface area contributed by atoms with Crippen molar-refractivity contribution < 1.29 is 0 Å². The molecule has 7 heteroatoms. The van der Waals surface area contributed by atoms with E-state index in [1.54, 1.807) is 6.20 Å². The quantitative estimate of drug-likeness (QED) is 0.362. The molecule has 35 heavy (non-hydrogen) atoms. The van der Waals surface area contributed by atoms with Gasteiger partial charge in [0.05, 0.1) is 27.9 Å². The van der Waals surface area contributed by atoms with Gasteiger partial charge in [-0.3, -0.25) is 9.78 Å². The zero-order valence-electron chi connectivity index (χ0n) is 19.3. The number of imidazole rings is 1. The highest BCUT2D eigenvalue weighted by molar-refractivity contribution is 6.01. The third-order valence-corrected chi connectivity index (χ3v) is 7.59. The van der Waals surface area contributed by atoms with E-state index in [1.807, 2.05) is 54.6 Å². The highest BCUT2D eigenvalue weighted by Gasteiger charge is 2.35. The zero-order valence-corrected chi connectivity index (χ0v) is 19.3. The van der Waals surface area contributed by atoms with Crippen molar-refractivity contribution in [2.45, 2.75) is 18.9 Å². The summed E-state index contributed by atoms with van der Waals surface area (Å²) in [5.41, 5.74) is 5.74. The molecule has 2 aromatic carbocycles. The van der Waals surface area contributed by atoms with Crippen molar-refractivity contribution in [2.24, 2.45) is 5.92 Å². The van der Waals surface area contributed by atoms with Crippen LogP contribution in [0.2, 0.25) is 0 Å². The van der Waals surface area contributed by atoms with E-state index >= 15 is 0 Å². The molecule has 6 heterocycles. The van der Waals surface area contributed by atoms with E-state index in [2.05, 4.69) is 31.2 Å². The fourth-order valence-corrected chi connectivity index (χ4v) is 5.75. The summed E-state index contributed by atoms with van der Waals surface area (Å²) in [5, 5.41) is 4.82. The second-order valence-corrected chi connectivity index (χ2v) is 9.67. The first-order valence-corrected chi connectivity index (χ1v) is 12.3. The molecule has 0 unspecified atom stereocenters. The predicted molar refractivity (Wildman–Crippen MR) is 139 cm³/mol. The molecule has 3 aromatic heterocycles. The zero-order chi connectivity index (χ0) is 23.4. The Balaban J connectivity index is 1.45. The van der Waals surface area contributed by atoms with Gasteiger partial charge in [-0.25, -0.2) is 4.98 Å². The van der Waals surface area contributed by atoms with Gasteiger partial charge in [0, 0.05) is 29.7 Å². The van der Waals surface area contributed by atoms with Gasteiger partial charge in [-0.1, -0.05) is 24.3 Å². The van der Waals surface area contributed by atoms with Gasteiger partial charge in [0.25, 0.3) is 5.56 Å². The molecule has 3 saturated heterocycles. The Morgan fingerprint density at radius 2 is 1.80 bits per heavy atom. The van der Waals surface area contributed by atoms with Crippen molar-refractivity contribution in [3.63, 3.8) is 0 Å². The van der Waals surface area contributed by atoms with Crippen LogP contribution in [-0.4, -0.2) is 50.5 Å². The number of anilines is 1. The maximum absolute atomic E-state index is 13.5. The first-order chi connectivity index (χ1) is 17.2. The van der Waals surface area contributed by atoms with E-state index in [0.29, 0.717) is 23.3 Å². The molecule has 3 aliphatic heterocycles. The second-order valence-electron chi connectivity index (χ2n) is 9.67. The SMILES string of the molecule is O=c1[nH]c2ccc(-c3ccccn3)cc2c(N[C@@H]2CN3CCC2CC3)c1-c1nc2ccccc2[nH]1. The number of hydrogen-bond donors (Lipinski definition) is 3. The van der Waals surface area contributed by atoms with Gasteiger partial charge in [-0.2, -0.15) is 0 Å². The largest absolute Gasteiger partial charge is 0.379 e. The molecule has 0 aliphatic carbocycles. The van der Waals surface area contributed by atoms with Crippen molar-refractivity contribution in [3.8, 4) is 22.6 Å². The Bertz CT molecular complexity index is 1560.